The molecule has 0 spiro atoms. The van der Waals surface area contributed by atoms with Gasteiger partial charge in [-0.15, -0.1) is 0 Å². The molecule has 0 radical (unpaired) electrons. The number of halogens is 3. The molecule has 0 aliphatic rings. The smallest absolute Gasteiger partial charge is 0.423 e. The van der Waals surface area contributed by atoms with E-state index in [1.165, 1.54) is 0 Å². The highest BCUT2D eigenvalue weighted by Crippen LogP contribution is 2.36. The lowest BCUT2D eigenvalue weighted by molar-refractivity contribution is -0.140. The van der Waals surface area contributed by atoms with Crippen LogP contribution in [0.25, 0.3) is 0 Å². The van der Waals surface area contributed by atoms with Crippen LogP contribution in [0.15, 0.2) is 30.5 Å². The summed E-state index contributed by atoms with van der Waals surface area (Å²) < 4.78 is 44.5. The molecule has 8 heteroatoms. The minimum atomic E-state index is -4.62. The maximum absolute atomic E-state index is 13.1. The standard InChI is InChI=1S/C16H15F3N4O/c1-15(2,3)24-13-12(16(17,18)19)9-21-14(23-13)22-11-6-4-10(8-20)5-7-11/h4-7,9H,1-3H3,(H,21,22,23). The molecule has 1 aromatic heterocycles. The molecule has 2 rings (SSSR count). The van der Waals surface area contributed by atoms with Gasteiger partial charge in [-0.2, -0.15) is 23.4 Å². The van der Waals surface area contributed by atoms with Gasteiger partial charge in [0, 0.05) is 11.9 Å². The average molecular weight is 336 g/mol. The van der Waals surface area contributed by atoms with Gasteiger partial charge in [0.15, 0.2) is 0 Å². The lowest BCUT2D eigenvalue weighted by Crippen LogP contribution is -2.26. The van der Waals surface area contributed by atoms with Crippen molar-refractivity contribution in [3.05, 3.63) is 41.6 Å². The van der Waals surface area contributed by atoms with Crippen LogP contribution in [0.3, 0.4) is 0 Å². The minimum absolute atomic E-state index is 0.0352. The highest BCUT2D eigenvalue weighted by Gasteiger charge is 2.37. The highest BCUT2D eigenvalue weighted by molar-refractivity contribution is 5.55. The van der Waals surface area contributed by atoms with E-state index in [1.54, 1.807) is 45.0 Å². The van der Waals surface area contributed by atoms with Crippen LogP contribution in [0.4, 0.5) is 24.8 Å². The summed E-state index contributed by atoms with van der Waals surface area (Å²) in [5.74, 6) is -0.576. The zero-order valence-corrected chi connectivity index (χ0v) is 13.3. The largest absolute Gasteiger partial charge is 0.471 e. The number of alkyl halides is 3. The number of benzene rings is 1. The number of hydrogen-bond donors (Lipinski definition) is 1. The van der Waals surface area contributed by atoms with Crippen molar-refractivity contribution in [2.45, 2.75) is 32.5 Å². The van der Waals surface area contributed by atoms with Crippen molar-refractivity contribution >= 4 is 11.6 Å². The second-order valence-electron chi connectivity index (χ2n) is 5.94. The van der Waals surface area contributed by atoms with Gasteiger partial charge in [-0.3, -0.25) is 0 Å². The van der Waals surface area contributed by atoms with Crippen LogP contribution in [0.2, 0.25) is 0 Å². The Bertz CT molecular complexity index is 759. The number of nitrogens with zero attached hydrogens (tertiary/aromatic N) is 3. The van der Waals surface area contributed by atoms with Gasteiger partial charge in [0.25, 0.3) is 0 Å². The van der Waals surface area contributed by atoms with E-state index in [4.69, 9.17) is 10.00 Å². The molecule has 1 N–H and O–H groups in total. The number of nitriles is 1. The van der Waals surface area contributed by atoms with Gasteiger partial charge in [-0.05, 0) is 45.0 Å². The van der Waals surface area contributed by atoms with Crippen LogP contribution in [0, 0.1) is 11.3 Å². The molecule has 0 bridgehead atoms. The van der Waals surface area contributed by atoms with E-state index in [9.17, 15) is 13.2 Å². The summed E-state index contributed by atoms with van der Waals surface area (Å²) in [4.78, 5) is 7.52. The summed E-state index contributed by atoms with van der Waals surface area (Å²) in [5, 5.41) is 11.5. The fraction of sp³-hybridized carbons (Fsp3) is 0.312. The van der Waals surface area contributed by atoms with Crippen LogP contribution < -0.4 is 10.1 Å². The molecule has 1 heterocycles. The molecular formula is C16H15F3N4O. The van der Waals surface area contributed by atoms with E-state index >= 15 is 0 Å². The SMILES string of the molecule is CC(C)(C)Oc1nc(Nc2ccc(C#N)cc2)ncc1C(F)(F)F. The lowest BCUT2D eigenvalue weighted by atomic mass is 10.2. The van der Waals surface area contributed by atoms with Crippen molar-refractivity contribution < 1.29 is 17.9 Å². The molecular weight excluding hydrogens is 321 g/mol. The summed E-state index contributed by atoms with van der Waals surface area (Å²) in [7, 11) is 0. The molecule has 0 saturated carbocycles. The Morgan fingerprint density at radius 3 is 2.25 bits per heavy atom. The quantitative estimate of drug-likeness (QED) is 0.905. The Kier molecular flexibility index (Phi) is 4.64. The molecule has 126 valence electrons. The van der Waals surface area contributed by atoms with Crippen molar-refractivity contribution in [3.63, 3.8) is 0 Å². The number of aromatic nitrogens is 2. The van der Waals surface area contributed by atoms with Crippen molar-refractivity contribution in [1.29, 1.82) is 5.26 Å². The van der Waals surface area contributed by atoms with E-state index in [0.717, 1.165) is 0 Å². The van der Waals surface area contributed by atoms with Crippen molar-refractivity contribution in [1.82, 2.24) is 9.97 Å². The second kappa shape index (κ2) is 6.35. The van der Waals surface area contributed by atoms with Crippen LogP contribution in [-0.2, 0) is 6.18 Å². The zero-order valence-electron chi connectivity index (χ0n) is 13.3. The van der Waals surface area contributed by atoms with Crippen LogP contribution >= 0.6 is 0 Å². The van der Waals surface area contributed by atoms with E-state index < -0.39 is 23.2 Å². The summed E-state index contributed by atoms with van der Waals surface area (Å²) in [6, 6.07) is 8.31. The maximum atomic E-state index is 13.1. The van der Waals surface area contributed by atoms with Crippen molar-refractivity contribution in [2.75, 3.05) is 5.32 Å². The Labute approximate surface area is 137 Å². The van der Waals surface area contributed by atoms with Gasteiger partial charge in [0.2, 0.25) is 11.8 Å². The molecule has 0 saturated heterocycles. The van der Waals surface area contributed by atoms with E-state index in [1.807, 2.05) is 6.07 Å². The summed E-state index contributed by atoms with van der Waals surface area (Å²) in [6.07, 6.45) is -3.94. The van der Waals surface area contributed by atoms with E-state index in [-0.39, 0.29) is 5.95 Å². The molecule has 5 nitrogen and oxygen atoms in total. The third-order valence-electron chi connectivity index (χ3n) is 2.73. The van der Waals surface area contributed by atoms with Gasteiger partial charge >= 0.3 is 6.18 Å². The molecule has 2 aromatic rings. The molecule has 0 amide bonds. The van der Waals surface area contributed by atoms with E-state index in [2.05, 4.69) is 15.3 Å². The fourth-order valence-electron chi connectivity index (χ4n) is 1.75. The number of anilines is 2. The molecule has 1 aromatic carbocycles. The Balaban J connectivity index is 2.34. The Hall–Kier alpha value is -2.82. The van der Waals surface area contributed by atoms with Crippen LogP contribution in [0.5, 0.6) is 5.88 Å². The Morgan fingerprint density at radius 1 is 1.12 bits per heavy atom. The third kappa shape index (κ3) is 4.59. The first-order chi connectivity index (χ1) is 11.1. The third-order valence-corrected chi connectivity index (χ3v) is 2.73. The second-order valence-corrected chi connectivity index (χ2v) is 5.94. The summed E-state index contributed by atoms with van der Waals surface area (Å²) in [6.45, 7) is 4.88. The average Bonchev–Trinajstić information content (AvgIpc) is 2.45. The number of nitrogens with one attached hydrogen (secondary N) is 1. The maximum Gasteiger partial charge on any atom is 0.423 e. The molecule has 0 aliphatic carbocycles. The predicted octanol–water partition coefficient (Wildman–Crippen LogP) is 4.29. The first-order valence-corrected chi connectivity index (χ1v) is 6.99. The highest BCUT2D eigenvalue weighted by atomic mass is 19.4. The van der Waals surface area contributed by atoms with Crippen molar-refractivity contribution in [2.24, 2.45) is 0 Å². The van der Waals surface area contributed by atoms with Gasteiger partial charge in [0.05, 0.1) is 11.6 Å². The molecule has 24 heavy (non-hydrogen) atoms. The molecule has 0 atom stereocenters. The zero-order chi connectivity index (χ0) is 18.0. The number of rotatable bonds is 3. The van der Waals surface area contributed by atoms with Gasteiger partial charge in [-0.1, -0.05) is 0 Å². The molecule has 0 fully saturated rings. The summed E-state index contributed by atoms with van der Waals surface area (Å²) in [5.41, 5.74) is -0.885. The first-order valence-electron chi connectivity index (χ1n) is 6.99. The van der Waals surface area contributed by atoms with Gasteiger partial charge in [-0.25, -0.2) is 4.98 Å². The topological polar surface area (TPSA) is 70.8 Å². The summed E-state index contributed by atoms with van der Waals surface area (Å²) >= 11 is 0. The first kappa shape index (κ1) is 17.5. The predicted molar refractivity (Wildman–Crippen MR) is 81.9 cm³/mol. The fourth-order valence-corrected chi connectivity index (χ4v) is 1.75. The van der Waals surface area contributed by atoms with Crippen LogP contribution in [0.1, 0.15) is 31.9 Å². The van der Waals surface area contributed by atoms with E-state index in [0.29, 0.717) is 17.4 Å². The van der Waals surface area contributed by atoms with Gasteiger partial charge in [0.1, 0.15) is 11.2 Å². The Morgan fingerprint density at radius 2 is 1.75 bits per heavy atom. The van der Waals surface area contributed by atoms with Crippen molar-refractivity contribution in [3.8, 4) is 11.9 Å². The molecule has 0 unspecified atom stereocenters. The van der Waals surface area contributed by atoms with Crippen LogP contribution in [-0.4, -0.2) is 15.6 Å². The molecule has 0 aliphatic heterocycles. The normalized spacial score (nSPS) is 11.7. The lowest BCUT2D eigenvalue weighted by Gasteiger charge is -2.23. The monoisotopic (exact) mass is 336 g/mol. The minimum Gasteiger partial charge on any atom is -0.471 e. The number of hydrogen-bond acceptors (Lipinski definition) is 5. The number of ether oxygens (including phenoxy) is 1. The van der Waals surface area contributed by atoms with Gasteiger partial charge < -0.3 is 10.1 Å².